The van der Waals surface area contributed by atoms with Crippen LogP contribution in [0.3, 0.4) is 0 Å². The summed E-state index contributed by atoms with van der Waals surface area (Å²) in [4.78, 5) is 14.0. The first-order valence-electron chi connectivity index (χ1n) is 6.63. The average Bonchev–Trinajstić information content (AvgIpc) is 2.82. The summed E-state index contributed by atoms with van der Waals surface area (Å²) in [6, 6.07) is 5.03. The van der Waals surface area contributed by atoms with E-state index in [0.717, 1.165) is 11.1 Å². The first-order chi connectivity index (χ1) is 10.7. The minimum absolute atomic E-state index is 0.157. The highest BCUT2D eigenvalue weighted by atomic mass is 35.5. The molecule has 0 bridgehead atoms. The van der Waals surface area contributed by atoms with Crippen molar-refractivity contribution < 1.29 is 27.4 Å². The highest BCUT2D eigenvalue weighted by Crippen LogP contribution is 2.30. The number of alkyl halides is 3. The standard InChI is InChI=1S/C14H14ClF3N2O3/c1-8(21)19-7-10-4-9-5-11(15)13(6-12(9)20-10)22-2-3-23-14(16,17)18/h4-6,20H,2-3,7H2,1H3,(H,19,21). The third-order valence-electron chi connectivity index (χ3n) is 2.86. The molecule has 5 nitrogen and oxygen atoms in total. The molecule has 9 heteroatoms. The molecule has 0 atom stereocenters. The number of halogens is 4. The van der Waals surface area contributed by atoms with Gasteiger partial charge < -0.3 is 15.0 Å². The maximum absolute atomic E-state index is 11.9. The van der Waals surface area contributed by atoms with E-state index in [-0.39, 0.29) is 23.3 Å². The summed E-state index contributed by atoms with van der Waals surface area (Å²) in [6.45, 7) is 0.826. The summed E-state index contributed by atoms with van der Waals surface area (Å²) >= 11 is 6.04. The second-order valence-corrected chi connectivity index (χ2v) is 5.12. The molecule has 1 amide bonds. The molecule has 23 heavy (non-hydrogen) atoms. The van der Waals surface area contributed by atoms with E-state index in [1.165, 1.54) is 6.92 Å². The molecule has 126 valence electrons. The van der Waals surface area contributed by atoms with Crippen molar-refractivity contribution in [1.82, 2.24) is 10.3 Å². The lowest BCUT2D eigenvalue weighted by Gasteiger charge is -2.10. The lowest BCUT2D eigenvalue weighted by molar-refractivity contribution is -0.325. The molecular formula is C14H14ClF3N2O3. The van der Waals surface area contributed by atoms with Crippen LogP contribution >= 0.6 is 11.6 Å². The van der Waals surface area contributed by atoms with Gasteiger partial charge in [-0.3, -0.25) is 9.53 Å². The maximum atomic E-state index is 11.9. The Morgan fingerprint density at radius 2 is 2.04 bits per heavy atom. The molecule has 0 radical (unpaired) electrons. The second-order valence-electron chi connectivity index (χ2n) is 4.72. The van der Waals surface area contributed by atoms with Gasteiger partial charge in [-0.1, -0.05) is 11.6 Å². The van der Waals surface area contributed by atoms with Crippen LogP contribution in [0, 0.1) is 0 Å². The molecule has 1 heterocycles. The van der Waals surface area contributed by atoms with Crippen LogP contribution in [0.1, 0.15) is 12.6 Å². The van der Waals surface area contributed by atoms with Crippen molar-refractivity contribution in [3.63, 3.8) is 0 Å². The predicted molar refractivity (Wildman–Crippen MR) is 78.3 cm³/mol. The van der Waals surface area contributed by atoms with Gasteiger partial charge in [0, 0.05) is 29.6 Å². The SMILES string of the molecule is CC(=O)NCc1cc2cc(Cl)c(OCCOC(F)(F)F)cc2[nH]1. The molecule has 0 aliphatic rings. The largest absolute Gasteiger partial charge is 0.522 e. The molecular weight excluding hydrogens is 337 g/mol. The number of carbonyl (C=O) groups excluding carboxylic acids is 1. The van der Waals surface area contributed by atoms with Gasteiger partial charge in [0.2, 0.25) is 5.91 Å². The van der Waals surface area contributed by atoms with Gasteiger partial charge in [-0.25, -0.2) is 0 Å². The zero-order valence-electron chi connectivity index (χ0n) is 12.1. The van der Waals surface area contributed by atoms with Gasteiger partial charge in [0.15, 0.2) is 0 Å². The molecule has 0 unspecified atom stereocenters. The van der Waals surface area contributed by atoms with Crippen molar-refractivity contribution in [2.75, 3.05) is 13.2 Å². The van der Waals surface area contributed by atoms with Crippen LogP contribution in [-0.4, -0.2) is 30.5 Å². The second kappa shape index (κ2) is 7.10. The number of fused-ring (bicyclic) bond motifs is 1. The number of ether oxygens (including phenoxy) is 2. The number of aromatic amines is 1. The smallest absolute Gasteiger partial charge is 0.490 e. The van der Waals surface area contributed by atoms with E-state index >= 15 is 0 Å². The number of hydrogen-bond donors (Lipinski definition) is 2. The van der Waals surface area contributed by atoms with Gasteiger partial charge in [-0.15, -0.1) is 13.2 Å². The van der Waals surface area contributed by atoms with Crippen LogP contribution in [0.5, 0.6) is 5.75 Å². The predicted octanol–water partition coefficient (Wildman–Crippen LogP) is 3.37. The van der Waals surface area contributed by atoms with Gasteiger partial charge in [0.05, 0.1) is 18.2 Å². The third-order valence-corrected chi connectivity index (χ3v) is 3.16. The average molecular weight is 351 g/mol. The third kappa shape index (κ3) is 5.33. The number of rotatable bonds is 6. The Balaban J connectivity index is 2.03. The van der Waals surface area contributed by atoms with Gasteiger partial charge in [-0.2, -0.15) is 0 Å². The number of nitrogens with one attached hydrogen (secondary N) is 2. The highest BCUT2D eigenvalue weighted by molar-refractivity contribution is 6.32. The van der Waals surface area contributed by atoms with E-state index in [9.17, 15) is 18.0 Å². The fourth-order valence-corrected chi connectivity index (χ4v) is 2.15. The summed E-state index contributed by atoms with van der Waals surface area (Å²) in [7, 11) is 0. The van der Waals surface area contributed by atoms with Crippen LogP contribution in [-0.2, 0) is 16.1 Å². The van der Waals surface area contributed by atoms with E-state index in [2.05, 4.69) is 15.0 Å². The molecule has 2 N–H and O–H groups in total. The summed E-state index contributed by atoms with van der Waals surface area (Å²) in [5.74, 6) is 0.0910. The van der Waals surface area contributed by atoms with Crippen molar-refractivity contribution in [2.24, 2.45) is 0 Å². The fourth-order valence-electron chi connectivity index (χ4n) is 1.93. The quantitative estimate of drug-likeness (QED) is 0.785. The lowest BCUT2D eigenvalue weighted by Crippen LogP contribution is -2.18. The Hall–Kier alpha value is -1.93. The summed E-state index contributed by atoms with van der Waals surface area (Å²) in [5.41, 5.74) is 1.46. The first kappa shape index (κ1) is 17.4. The van der Waals surface area contributed by atoms with Crippen molar-refractivity contribution >= 4 is 28.4 Å². The Morgan fingerprint density at radius 1 is 1.30 bits per heavy atom. The number of H-pyrrole nitrogens is 1. The van der Waals surface area contributed by atoms with Crippen LogP contribution in [0.2, 0.25) is 5.02 Å². The van der Waals surface area contributed by atoms with E-state index < -0.39 is 13.0 Å². The van der Waals surface area contributed by atoms with Crippen LogP contribution < -0.4 is 10.1 Å². The molecule has 2 rings (SSSR count). The minimum atomic E-state index is -4.69. The molecule has 2 aromatic rings. The van der Waals surface area contributed by atoms with Crippen LogP contribution in [0.4, 0.5) is 13.2 Å². The van der Waals surface area contributed by atoms with Gasteiger partial charge in [0.25, 0.3) is 0 Å². The molecule has 0 fully saturated rings. The monoisotopic (exact) mass is 350 g/mol. The first-order valence-corrected chi connectivity index (χ1v) is 7.01. The normalized spacial score (nSPS) is 11.7. The zero-order valence-corrected chi connectivity index (χ0v) is 12.8. The maximum Gasteiger partial charge on any atom is 0.522 e. The number of benzene rings is 1. The Bertz CT molecular complexity index is 700. The molecule has 1 aromatic carbocycles. The highest BCUT2D eigenvalue weighted by Gasteiger charge is 2.28. The molecule has 0 saturated carbocycles. The van der Waals surface area contributed by atoms with Gasteiger partial charge in [0.1, 0.15) is 12.4 Å². The zero-order chi connectivity index (χ0) is 17.0. The van der Waals surface area contributed by atoms with Crippen molar-refractivity contribution in [2.45, 2.75) is 19.8 Å². The van der Waals surface area contributed by atoms with Crippen LogP contribution in [0.15, 0.2) is 18.2 Å². The number of amides is 1. The molecule has 0 aliphatic carbocycles. The molecule has 0 spiro atoms. The van der Waals surface area contributed by atoms with E-state index in [4.69, 9.17) is 16.3 Å². The van der Waals surface area contributed by atoms with Gasteiger partial charge >= 0.3 is 6.36 Å². The Labute approximate surface area is 134 Å². The molecule has 0 aliphatic heterocycles. The van der Waals surface area contributed by atoms with Crippen molar-refractivity contribution in [3.05, 3.63) is 28.9 Å². The van der Waals surface area contributed by atoms with Gasteiger partial charge in [-0.05, 0) is 12.1 Å². The Morgan fingerprint density at radius 3 is 2.70 bits per heavy atom. The van der Waals surface area contributed by atoms with E-state index in [0.29, 0.717) is 12.1 Å². The van der Waals surface area contributed by atoms with Crippen molar-refractivity contribution in [1.29, 1.82) is 0 Å². The minimum Gasteiger partial charge on any atom is -0.490 e. The van der Waals surface area contributed by atoms with E-state index in [1.807, 2.05) is 6.07 Å². The van der Waals surface area contributed by atoms with E-state index in [1.54, 1.807) is 12.1 Å². The number of aromatic nitrogens is 1. The fraction of sp³-hybridized carbons (Fsp3) is 0.357. The molecule has 1 aromatic heterocycles. The number of hydrogen-bond acceptors (Lipinski definition) is 3. The summed E-state index contributed by atoms with van der Waals surface area (Å²) in [6.07, 6.45) is -4.69. The number of carbonyl (C=O) groups is 1. The summed E-state index contributed by atoms with van der Waals surface area (Å²) in [5, 5.41) is 3.72. The Kier molecular flexibility index (Phi) is 5.38. The van der Waals surface area contributed by atoms with Crippen LogP contribution in [0.25, 0.3) is 10.9 Å². The summed E-state index contributed by atoms with van der Waals surface area (Å²) < 4.78 is 44.4. The lowest BCUT2D eigenvalue weighted by atomic mass is 10.2. The topological polar surface area (TPSA) is 63.4 Å². The van der Waals surface area contributed by atoms with Crippen molar-refractivity contribution in [3.8, 4) is 5.75 Å². The molecule has 0 saturated heterocycles.